The van der Waals surface area contributed by atoms with E-state index < -0.39 is 0 Å². The molecule has 0 rings (SSSR count). The molecule has 0 bridgehead atoms. The summed E-state index contributed by atoms with van der Waals surface area (Å²) in [6.45, 7) is 9.84. The van der Waals surface area contributed by atoms with Crippen LogP contribution in [0.1, 0.15) is 34.6 Å². The summed E-state index contributed by atoms with van der Waals surface area (Å²) in [5.41, 5.74) is 0. The summed E-state index contributed by atoms with van der Waals surface area (Å²) in [6.07, 6.45) is 0. The third-order valence-electron chi connectivity index (χ3n) is 3.09. The molecule has 0 saturated carbocycles. The third-order valence-corrected chi connectivity index (χ3v) is 3.09. The molecule has 0 fully saturated rings. The number of hydrogen-bond acceptors (Lipinski definition) is 6. The van der Waals surface area contributed by atoms with Gasteiger partial charge in [-0.2, -0.15) is 0 Å². The van der Waals surface area contributed by atoms with Gasteiger partial charge in [0.1, 0.15) is 23.1 Å². The minimum absolute atomic E-state index is 0.0127. The van der Waals surface area contributed by atoms with Crippen LogP contribution >= 0.6 is 0 Å². The Morgan fingerprint density at radius 2 is 1.00 bits per heavy atom. The molecule has 0 amide bonds. The topological polar surface area (TPSA) is 74.8 Å². The normalized spacial score (nSPS) is 11.3. The van der Waals surface area contributed by atoms with Gasteiger partial charge in [0.2, 0.25) is 0 Å². The molecule has 6 heteroatoms. The van der Waals surface area contributed by atoms with Gasteiger partial charge in [-0.25, -0.2) is 0 Å². The van der Waals surface area contributed by atoms with E-state index in [2.05, 4.69) is 0 Å². The van der Waals surface area contributed by atoms with Gasteiger partial charge in [-0.15, -0.1) is 0 Å². The fourth-order valence-electron chi connectivity index (χ4n) is 2.06. The van der Waals surface area contributed by atoms with E-state index in [1.54, 1.807) is 9.80 Å². The SMILES string of the molecule is CC(=O)CN(CCN(CC(C)=O)CC(=O)C(C)C)CC(C)=O. The second kappa shape index (κ2) is 10.3. The van der Waals surface area contributed by atoms with Gasteiger partial charge >= 0.3 is 0 Å². The minimum Gasteiger partial charge on any atom is -0.299 e. The average molecular weight is 312 g/mol. The van der Waals surface area contributed by atoms with Crippen LogP contribution in [0.3, 0.4) is 0 Å². The second-order valence-corrected chi connectivity index (χ2v) is 6.15. The highest BCUT2D eigenvalue weighted by molar-refractivity contribution is 5.83. The molecule has 0 aliphatic rings. The number of rotatable bonds is 12. The highest BCUT2D eigenvalue weighted by atomic mass is 16.1. The van der Waals surface area contributed by atoms with E-state index in [0.29, 0.717) is 13.1 Å². The summed E-state index contributed by atoms with van der Waals surface area (Å²) in [4.78, 5) is 49.2. The largest absolute Gasteiger partial charge is 0.299 e. The fraction of sp³-hybridized carbons (Fsp3) is 0.750. The van der Waals surface area contributed by atoms with E-state index >= 15 is 0 Å². The van der Waals surface area contributed by atoms with Gasteiger partial charge in [-0.1, -0.05) is 13.8 Å². The minimum atomic E-state index is -0.0833. The van der Waals surface area contributed by atoms with Crippen LogP contribution in [0.5, 0.6) is 0 Å². The first-order valence-electron chi connectivity index (χ1n) is 7.57. The van der Waals surface area contributed by atoms with E-state index in [-0.39, 0.29) is 55.2 Å². The van der Waals surface area contributed by atoms with Crippen molar-refractivity contribution in [3.8, 4) is 0 Å². The predicted molar refractivity (Wildman–Crippen MR) is 84.8 cm³/mol. The zero-order chi connectivity index (χ0) is 17.3. The lowest BCUT2D eigenvalue weighted by Gasteiger charge is -2.26. The lowest BCUT2D eigenvalue weighted by atomic mass is 10.1. The Kier molecular flexibility index (Phi) is 9.69. The van der Waals surface area contributed by atoms with Gasteiger partial charge in [-0.3, -0.25) is 29.0 Å². The molecule has 22 heavy (non-hydrogen) atoms. The maximum Gasteiger partial charge on any atom is 0.149 e. The average Bonchev–Trinajstić information content (AvgIpc) is 2.33. The van der Waals surface area contributed by atoms with Crippen LogP contribution in [0.2, 0.25) is 0 Å². The van der Waals surface area contributed by atoms with E-state index in [1.807, 2.05) is 13.8 Å². The molecule has 0 aromatic heterocycles. The summed E-state index contributed by atoms with van der Waals surface area (Å²) < 4.78 is 0. The van der Waals surface area contributed by atoms with E-state index in [9.17, 15) is 19.2 Å². The van der Waals surface area contributed by atoms with Crippen molar-refractivity contribution < 1.29 is 19.2 Å². The Morgan fingerprint density at radius 1 is 0.682 bits per heavy atom. The first-order valence-corrected chi connectivity index (χ1v) is 7.57. The molecule has 0 heterocycles. The molecule has 0 N–H and O–H groups in total. The van der Waals surface area contributed by atoms with E-state index in [4.69, 9.17) is 0 Å². The molecule has 6 nitrogen and oxygen atoms in total. The molecule has 0 unspecified atom stereocenters. The van der Waals surface area contributed by atoms with Crippen LogP contribution in [0, 0.1) is 5.92 Å². The summed E-state index contributed by atoms with van der Waals surface area (Å²) in [5.74, 6) is -0.0533. The lowest BCUT2D eigenvalue weighted by Crippen LogP contribution is -2.43. The van der Waals surface area contributed by atoms with Gasteiger partial charge in [0.15, 0.2) is 0 Å². The van der Waals surface area contributed by atoms with Crippen molar-refractivity contribution >= 4 is 23.1 Å². The maximum absolute atomic E-state index is 11.9. The van der Waals surface area contributed by atoms with E-state index in [0.717, 1.165) is 0 Å². The molecule has 0 aromatic carbocycles. The van der Waals surface area contributed by atoms with Gasteiger partial charge in [0.25, 0.3) is 0 Å². The number of hydrogen-bond donors (Lipinski definition) is 0. The Bertz CT molecular complexity index is 402. The molecule has 0 aliphatic carbocycles. The molecule has 0 atom stereocenters. The smallest absolute Gasteiger partial charge is 0.149 e. The zero-order valence-electron chi connectivity index (χ0n) is 14.3. The van der Waals surface area contributed by atoms with E-state index in [1.165, 1.54) is 20.8 Å². The van der Waals surface area contributed by atoms with Crippen LogP contribution < -0.4 is 0 Å². The zero-order valence-corrected chi connectivity index (χ0v) is 14.3. The highest BCUT2D eigenvalue weighted by Crippen LogP contribution is 2.00. The van der Waals surface area contributed by atoms with Crippen molar-refractivity contribution in [1.29, 1.82) is 0 Å². The number of nitrogens with zero attached hydrogens (tertiary/aromatic N) is 2. The van der Waals surface area contributed by atoms with Crippen molar-refractivity contribution in [1.82, 2.24) is 9.80 Å². The van der Waals surface area contributed by atoms with Gasteiger partial charge in [-0.05, 0) is 20.8 Å². The van der Waals surface area contributed by atoms with Crippen LogP contribution in [0.15, 0.2) is 0 Å². The molecular formula is C16H28N2O4. The molecule has 0 spiro atoms. The van der Waals surface area contributed by atoms with Crippen LogP contribution in [0.4, 0.5) is 0 Å². The predicted octanol–water partition coefficient (Wildman–Crippen LogP) is 0.583. The monoisotopic (exact) mass is 312 g/mol. The quantitative estimate of drug-likeness (QED) is 0.525. The Hall–Kier alpha value is -1.40. The van der Waals surface area contributed by atoms with Crippen molar-refractivity contribution in [2.24, 2.45) is 5.92 Å². The molecule has 0 aliphatic heterocycles. The number of Topliss-reactive ketones (excluding diaryl/α,β-unsaturated/α-hetero) is 4. The molecule has 126 valence electrons. The first-order chi connectivity index (χ1) is 10.1. The highest BCUT2D eigenvalue weighted by Gasteiger charge is 2.17. The van der Waals surface area contributed by atoms with Gasteiger partial charge in [0, 0.05) is 19.0 Å². The standard InChI is InChI=1S/C16H28N2O4/c1-12(2)16(22)11-18(10-15(5)21)7-6-17(8-13(3)19)9-14(4)20/h12H,6-11H2,1-5H3. The van der Waals surface area contributed by atoms with Crippen LogP contribution in [-0.2, 0) is 19.2 Å². The van der Waals surface area contributed by atoms with Crippen molar-refractivity contribution in [3.63, 3.8) is 0 Å². The Labute approximate surface area is 132 Å². The molecule has 0 radical (unpaired) electrons. The lowest BCUT2D eigenvalue weighted by molar-refractivity contribution is -0.125. The van der Waals surface area contributed by atoms with Crippen molar-refractivity contribution in [2.75, 3.05) is 39.3 Å². The summed E-state index contributed by atoms with van der Waals surface area (Å²) >= 11 is 0. The van der Waals surface area contributed by atoms with Gasteiger partial charge in [0.05, 0.1) is 26.2 Å². The molecule has 0 saturated heterocycles. The molecule has 0 aromatic rings. The van der Waals surface area contributed by atoms with Crippen LogP contribution in [0.25, 0.3) is 0 Å². The second-order valence-electron chi connectivity index (χ2n) is 6.15. The maximum atomic E-state index is 11.9. The number of carbonyl (C=O) groups is 4. The number of carbonyl (C=O) groups excluding carboxylic acids is 4. The summed E-state index contributed by atoms with van der Waals surface area (Å²) in [6, 6.07) is 0. The third kappa shape index (κ3) is 10.3. The Balaban J connectivity index is 4.66. The summed E-state index contributed by atoms with van der Waals surface area (Å²) in [5, 5.41) is 0. The van der Waals surface area contributed by atoms with Crippen LogP contribution in [-0.4, -0.2) is 72.2 Å². The van der Waals surface area contributed by atoms with Crippen molar-refractivity contribution in [2.45, 2.75) is 34.6 Å². The Morgan fingerprint density at radius 3 is 1.27 bits per heavy atom. The summed E-state index contributed by atoms with van der Waals surface area (Å²) in [7, 11) is 0. The fourth-order valence-corrected chi connectivity index (χ4v) is 2.06. The molecular weight excluding hydrogens is 284 g/mol. The first kappa shape index (κ1) is 20.6. The van der Waals surface area contributed by atoms with Gasteiger partial charge < -0.3 is 0 Å². The number of ketones is 4. The van der Waals surface area contributed by atoms with Crippen molar-refractivity contribution in [3.05, 3.63) is 0 Å².